The monoisotopic (exact) mass is 148 g/mol. The van der Waals surface area contributed by atoms with Crippen LogP contribution in [-0.4, -0.2) is 14.8 Å². The van der Waals surface area contributed by atoms with Crippen LogP contribution in [0.4, 0.5) is 0 Å². The maximum Gasteiger partial charge on any atom is 0.0184 e. The molecule has 0 radical (unpaired) electrons. The first-order valence-electron chi connectivity index (χ1n) is 3.14. The van der Waals surface area contributed by atoms with Crippen LogP contribution in [0.1, 0.15) is 25.7 Å². The molecule has 0 aromatic rings. The second kappa shape index (κ2) is 3.29. The van der Waals surface area contributed by atoms with E-state index in [0.717, 1.165) is 25.7 Å². The molecule has 1 atom stereocenters. The van der Waals surface area contributed by atoms with E-state index in [0.29, 0.717) is 0 Å². The van der Waals surface area contributed by atoms with E-state index in [4.69, 9.17) is 0 Å². The lowest BCUT2D eigenvalue weighted by Gasteiger charge is -2.12. The lowest BCUT2D eigenvalue weighted by molar-refractivity contribution is 0.503. The zero-order valence-corrected chi connectivity index (χ0v) is 5.95. The summed E-state index contributed by atoms with van der Waals surface area (Å²) in [6, 6.07) is 0.225. The number of nitrogens with one attached hydrogen (secondary N) is 1. The van der Waals surface area contributed by atoms with Crippen LogP contribution in [0.15, 0.2) is 0 Å². The summed E-state index contributed by atoms with van der Waals surface area (Å²) in [7, 11) is 0. The lowest BCUT2D eigenvalue weighted by atomic mass is 10.3. The van der Waals surface area contributed by atoms with E-state index in [2.05, 4.69) is 4.72 Å². The summed E-state index contributed by atoms with van der Waals surface area (Å²) >= 11 is -2.06. The van der Waals surface area contributed by atoms with Crippen LogP contribution >= 0.6 is 0 Å². The summed E-state index contributed by atoms with van der Waals surface area (Å²) in [6.07, 6.45) is 4.34. The van der Waals surface area contributed by atoms with Crippen molar-refractivity contribution in [1.82, 2.24) is 4.72 Å². The zero-order valence-electron chi connectivity index (χ0n) is 5.13. The molecule has 0 heterocycles. The smallest absolute Gasteiger partial charge is 0.0184 e. The van der Waals surface area contributed by atoms with Crippen LogP contribution in [0.5, 0.6) is 0 Å². The van der Waals surface area contributed by atoms with Gasteiger partial charge in [-0.2, -0.15) is 0 Å². The second-order valence-electron chi connectivity index (χ2n) is 2.33. The van der Waals surface area contributed by atoms with Crippen molar-refractivity contribution in [2.75, 3.05) is 0 Å². The highest BCUT2D eigenvalue weighted by molar-refractivity contribution is 7.77. The maximum absolute atomic E-state index is 10.0. The fraction of sp³-hybridized carbons (Fsp3) is 1.00. The Morgan fingerprint density at radius 2 is 2.00 bits per heavy atom. The highest BCUT2D eigenvalue weighted by Crippen LogP contribution is 2.17. The summed E-state index contributed by atoms with van der Waals surface area (Å²) in [5.74, 6) is 0. The molecule has 1 N–H and O–H groups in total. The largest absolute Gasteiger partial charge is 0.760 e. The van der Waals surface area contributed by atoms with Crippen molar-refractivity contribution in [3.63, 3.8) is 0 Å². The average molecular weight is 148 g/mol. The van der Waals surface area contributed by atoms with Gasteiger partial charge in [-0.3, -0.25) is 4.21 Å². The molecule has 0 aromatic heterocycles. The summed E-state index contributed by atoms with van der Waals surface area (Å²) < 4.78 is 22.5. The highest BCUT2D eigenvalue weighted by atomic mass is 32.2. The van der Waals surface area contributed by atoms with E-state index >= 15 is 0 Å². The molecule has 1 rings (SSSR count). The zero-order chi connectivity index (χ0) is 6.69. The van der Waals surface area contributed by atoms with Crippen molar-refractivity contribution in [3.05, 3.63) is 0 Å². The van der Waals surface area contributed by atoms with Crippen LogP contribution in [0.2, 0.25) is 0 Å². The molecule has 54 valence electrons. The van der Waals surface area contributed by atoms with Crippen LogP contribution in [0.3, 0.4) is 0 Å². The molecule has 0 saturated heterocycles. The molecule has 9 heavy (non-hydrogen) atoms. The molecular weight excluding hydrogens is 138 g/mol. The summed E-state index contributed by atoms with van der Waals surface area (Å²) in [4.78, 5) is 0. The van der Waals surface area contributed by atoms with Crippen LogP contribution in [0.25, 0.3) is 0 Å². The Kier molecular flexibility index (Phi) is 2.63. The molecular formula is C5H10NO2S-. The molecule has 1 fully saturated rings. The van der Waals surface area contributed by atoms with Gasteiger partial charge in [0.05, 0.1) is 0 Å². The molecule has 3 nitrogen and oxygen atoms in total. The minimum Gasteiger partial charge on any atom is -0.760 e. The minimum absolute atomic E-state index is 0.225. The van der Waals surface area contributed by atoms with Gasteiger partial charge in [-0.15, -0.1) is 0 Å². The Morgan fingerprint density at radius 3 is 2.44 bits per heavy atom. The first-order chi connectivity index (χ1) is 4.29. The molecule has 0 bridgehead atoms. The van der Waals surface area contributed by atoms with Crippen molar-refractivity contribution in [1.29, 1.82) is 0 Å². The SMILES string of the molecule is O=S([O-])NC1CCCC1. The predicted molar refractivity (Wildman–Crippen MR) is 34.3 cm³/mol. The molecule has 1 unspecified atom stereocenters. The van der Waals surface area contributed by atoms with E-state index < -0.39 is 11.3 Å². The maximum atomic E-state index is 10.0. The number of hydrogen-bond donors (Lipinski definition) is 1. The van der Waals surface area contributed by atoms with E-state index in [9.17, 15) is 8.76 Å². The molecule has 0 amide bonds. The average Bonchev–Trinajstić information content (AvgIpc) is 2.15. The van der Waals surface area contributed by atoms with Gasteiger partial charge in [-0.05, 0) is 12.8 Å². The fourth-order valence-electron chi connectivity index (χ4n) is 1.18. The van der Waals surface area contributed by atoms with Crippen molar-refractivity contribution in [2.24, 2.45) is 0 Å². The molecule has 0 spiro atoms. The molecule has 1 saturated carbocycles. The van der Waals surface area contributed by atoms with Crippen molar-refractivity contribution < 1.29 is 8.76 Å². The Hall–Kier alpha value is 0.0700. The quantitative estimate of drug-likeness (QED) is 0.573. The van der Waals surface area contributed by atoms with Gasteiger partial charge >= 0.3 is 0 Å². The van der Waals surface area contributed by atoms with Gasteiger partial charge in [-0.25, -0.2) is 4.72 Å². The van der Waals surface area contributed by atoms with Crippen molar-refractivity contribution in [3.8, 4) is 0 Å². The van der Waals surface area contributed by atoms with E-state index in [-0.39, 0.29) is 6.04 Å². The Bertz CT molecular complexity index is 112. The van der Waals surface area contributed by atoms with Crippen molar-refractivity contribution >= 4 is 11.3 Å². The van der Waals surface area contributed by atoms with Gasteiger partial charge in [0.25, 0.3) is 0 Å². The van der Waals surface area contributed by atoms with Crippen LogP contribution in [-0.2, 0) is 11.3 Å². The third-order valence-corrected chi connectivity index (χ3v) is 2.14. The summed E-state index contributed by atoms with van der Waals surface area (Å²) in [5, 5.41) is 0. The van der Waals surface area contributed by atoms with Crippen LogP contribution in [0, 0.1) is 0 Å². The first kappa shape index (κ1) is 7.18. The third-order valence-electron chi connectivity index (χ3n) is 1.62. The van der Waals surface area contributed by atoms with E-state index in [1.54, 1.807) is 0 Å². The van der Waals surface area contributed by atoms with Gasteiger partial charge in [0, 0.05) is 17.3 Å². The lowest BCUT2D eigenvalue weighted by Crippen LogP contribution is -2.27. The van der Waals surface area contributed by atoms with Gasteiger partial charge in [0.1, 0.15) is 0 Å². The minimum atomic E-state index is -2.06. The predicted octanol–water partition coefficient (Wildman–Crippen LogP) is 0.313. The van der Waals surface area contributed by atoms with Gasteiger partial charge in [0.2, 0.25) is 0 Å². The molecule has 0 aliphatic heterocycles. The molecule has 0 aromatic carbocycles. The normalized spacial score (nSPS) is 24.6. The van der Waals surface area contributed by atoms with Gasteiger partial charge < -0.3 is 4.55 Å². The Morgan fingerprint density at radius 1 is 1.44 bits per heavy atom. The molecule has 1 aliphatic rings. The summed E-state index contributed by atoms with van der Waals surface area (Å²) in [5.41, 5.74) is 0. The Balaban J connectivity index is 2.19. The van der Waals surface area contributed by atoms with Crippen molar-refractivity contribution in [2.45, 2.75) is 31.7 Å². The third kappa shape index (κ3) is 2.43. The summed E-state index contributed by atoms with van der Waals surface area (Å²) in [6.45, 7) is 0. The van der Waals surface area contributed by atoms with Gasteiger partial charge in [-0.1, -0.05) is 12.8 Å². The van der Waals surface area contributed by atoms with Gasteiger partial charge in [0.15, 0.2) is 0 Å². The fourth-order valence-corrected chi connectivity index (χ4v) is 1.69. The molecule has 1 aliphatic carbocycles. The van der Waals surface area contributed by atoms with E-state index in [1.807, 2.05) is 0 Å². The second-order valence-corrected chi connectivity index (χ2v) is 3.04. The standard InChI is InChI=1S/C5H11NO2S/c7-9(8)6-5-3-1-2-4-5/h5-6H,1-4H2,(H,7,8)/p-1. The van der Waals surface area contributed by atoms with Crippen LogP contribution < -0.4 is 4.72 Å². The number of hydrogen-bond acceptors (Lipinski definition) is 2. The topological polar surface area (TPSA) is 52.2 Å². The molecule has 4 heteroatoms. The van der Waals surface area contributed by atoms with E-state index in [1.165, 1.54) is 0 Å². The first-order valence-corrected chi connectivity index (χ1v) is 4.22. The number of rotatable bonds is 2. The Labute approximate surface area is 57.3 Å². The highest BCUT2D eigenvalue weighted by Gasteiger charge is 2.13.